The maximum Gasteiger partial charge on any atom is 0.247 e. The average Bonchev–Trinajstić information content (AvgIpc) is 2.77. The smallest absolute Gasteiger partial charge is 0.247 e. The Hall–Kier alpha value is -3.19. The molecule has 1 fully saturated rings. The third kappa shape index (κ3) is 6.15. The standard InChI is InChI=1S/C23H26FN3O3/c1-2-26(23(29)11-6-18-4-3-5-19(24)16-18)17-22(28)25-20-7-9-21(10-8-20)27-12-14-30-15-13-27/h3-11,16H,2,12-15,17H2,1H3,(H,25,28)/b11-6+. The van der Waals surface area contributed by atoms with Gasteiger partial charge >= 0.3 is 0 Å². The highest BCUT2D eigenvalue weighted by Gasteiger charge is 2.14. The van der Waals surface area contributed by atoms with E-state index < -0.39 is 0 Å². The number of carbonyl (C=O) groups is 2. The molecule has 0 radical (unpaired) electrons. The number of morpholine rings is 1. The fraction of sp³-hybridized carbons (Fsp3) is 0.304. The Balaban J connectivity index is 1.53. The van der Waals surface area contributed by atoms with E-state index in [-0.39, 0.29) is 24.2 Å². The van der Waals surface area contributed by atoms with Crippen LogP contribution < -0.4 is 10.2 Å². The van der Waals surface area contributed by atoms with Crippen molar-refractivity contribution in [2.45, 2.75) is 6.92 Å². The molecule has 2 aromatic rings. The minimum absolute atomic E-state index is 0.0615. The van der Waals surface area contributed by atoms with Crippen LogP contribution in [0.1, 0.15) is 12.5 Å². The van der Waals surface area contributed by atoms with Crippen molar-refractivity contribution in [3.8, 4) is 0 Å². The quantitative estimate of drug-likeness (QED) is 0.711. The third-order valence-electron chi connectivity index (χ3n) is 4.82. The molecular formula is C23H26FN3O3. The van der Waals surface area contributed by atoms with Crippen LogP contribution in [0.25, 0.3) is 6.08 Å². The fourth-order valence-corrected chi connectivity index (χ4v) is 3.18. The summed E-state index contributed by atoms with van der Waals surface area (Å²) in [5.74, 6) is -0.945. The van der Waals surface area contributed by atoms with Crippen LogP contribution in [-0.2, 0) is 14.3 Å². The molecule has 0 unspecified atom stereocenters. The first-order chi connectivity index (χ1) is 14.5. The molecule has 2 amide bonds. The van der Waals surface area contributed by atoms with Gasteiger partial charge in [-0.3, -0.25) is 9.59 Å². The van der Waals surface area contributed by atoms with Gasteiger partial charge in [-0.15, -0.1) is 0 Å². The molecule has 0 spiro atoms. The van der Waals surface area contributed by atoms with Crippen LogP contribution in [0.2, 0.25) is 0 Å². The predicted molar refractivity (Wildman–Crippen MR) is 116 cm³/mol. The van der Waals surface area contributed by atoms with E-state index in [4.69, 9.17) is 4.74 Å². The van der Waals surface area contributed by atoms with Crippen LogP contribution in [0, 0.1) is 5.82 Å². The zero-order valence-corrected chi connectivity index (χ0v) is 17.0. The van der Waals surface area contributed by atoms with Gasteiger partial charge < -0.3 is 19.9 Å². The van der Waals surface area contributed by atoms with E-state index in [0.29, 0.717) is 31.0 Å². The molecule has 0 aliphatic carbocycles. The van der Waals surface area contributed by atoms with Crippen LogP contribution in [0.3, 0.4) is 0 Å². The molecule has 1 N–H and O–H groups in total. The highest BCUT2D eigenvalue weighted by molar-refractivity contribution is 5.98. The molecule has 2 aromatic carbocycles. The number of nitrogens with one attached hydrogen (secondary N) is 1. The Kier molecular flexibility index (Phi) is 7.57. The van der Waals surface area contributed by atoms with E-state index in [9.17, 15) is 14.0 Å². The Labute approximate surface area is 175 Å². The van der Waals surface area contributed by atoms with Crippen LogP contribution in [0.15, 0.2) is 54.6 Å². The number of rotatable bonds is 7. The number of hydrogen-bond acceptors (Lipinski definition) is 4. The molecule has 0 atom stereocenters. The molecule has 30 heavy (non-hydrogen) atoms. The lowest BCUT2D eigenvalue weighted by Gasteiger charge is -2.29. The largest absolute Gasteiger partial charge is 0.378 e. The van der Waals surface area contributed by atoms with Crippen molar-refractivity contribution in [2.24, 2.45) is 0 Å². The molecule has 158 valence electrons. The minimum atomic E-state index is -0.365. The van der Waals surface area contributed by atoms with Gasteiger partial charge in [-0.05, 0) is 55.0 Å². The lowest BCUT2D eigenvalue weighted by Crippen LogP contribution is -2.37. The van der Waals surface area contributed by atoms with Gasteiger partial charge in [-0.1, -0.05) is 12.1 Å². The van der Waals surface area contributed by atoms with Crippen molar-refractivity contribution >= 4 is 29.3 Å². The molecule has 1 aliphatic heterocycles. The molecule has 7 heteroatoms. The molecular weight excluding hydrogens is 385 g/mol. The van der Waals surface area contributed by atoms with Gasteiger partial charge in [-0.25, -0.2) is 4.39 Å². The first-order valence-corrected chi connectivity index (χ1v) is 10.0. The van der Waals surface area contributed by atoms with Crippen LogP contribution in [0.4, 0.5) is 15.8 Å². The van der Waals surface area contributed by atoms with Crippen molar-refractivity contribution in [1.82, 2.24) is 4.90 Å². The van der Waals surface area contributed by atoms with E-state index in [1.165, 1.54) is 29.2 Å². The SMILES string of the molecule is CCN(CC(=O)Nc1ccc(N2CCOCC2)cc1)C(=O)/C=C/c1cccc(F)c1. The minimum Gasteiger partial charge on any atom is -0.378 e. The molecule has 0 aromatic heterocycles. The maximum absolute atomic E-state index is 13.2. The lowest BCUT2D eigenvalue weighted by atomic mass is 10.2. The summed E-state index contributed by atoms with van der Waals surface area (Å²) in [4.78, 5) is 28.4. The first kappa shape index (κ1) is 21.5. The molecule has 3 rings (SSSR count). The Morgan fingerprint density at radius 2 is 1.90 bits per heavy atom. The second kappa shape index (κ2) is 10.5. The number of benzene rings is 2. The molecule has 6 nitrogen and oxygen atoms in total. The predicted octanol–water partition coefficient (Wildman–Crippen LogP) is 3.16. The van der Waals surface area contributed by atoms with Crippen molar-refractivity contribution in [1.29, 1.82) is 0 Å². The van der Waals surface area contributed by atoms with Gasteiger partial charge in [0.2, 0.25) is 11.8 Å². The van der Waals surface area contributed by atoms with Crippen LogP contribution in [-0.4, -0.2) is 56.1 Å². The number of carbonyl (C=O) groups excluding carboxylic acids is 2. The van der Waals surface area contributed by atoms with Gasteiger partial charge in [0.1, 0.15) is 12.4 Å². The number of likely N-dealkylation sites (N-methyl/N-ethyl adjacent to an activating group) is 1. The average molecular weight is 411 g/mol. The molecule has 1 saturated heterocycles. The van der Waals surface area contributed by atoms with E-state index in [0.717, 1.165) is 18.8 Å². The Morgan fingerprint density at radius 3 is 2.57 bits per heavy atom. The van der Waals surface area contributed by atoms with Crippen molar-refractivity contribution in [2.75, 3.05) is 49.6 Å². The van der Waals surface area contributed by atoms with Crippen molar-refractivity contribution in [3.63, 3.8) is 0 Å². The van der Waals surface area contributed by atoms with Gasteiger partial charge in [0, 0.05) is 37.1 Å². The lowest BCUT2D eigenvalue weighted by molar-refractivity contribution is -0.130. The summed E-state index contributed by atoms with van der Waals surface area (Å²) >= 11 is 0. The molecule has 0 bridgehead atoms. The Bertz CT molecular complexity index is 893. The van der Waals surface area contributed by atoms with Crippen LogP contribution >= 0.6 is 0 Å². The third-order valence-corrected chi connectivity index (χ3v) is 4.82. The number of ether oxygens (including phenoxy) is 1. The summed E-state index contributed by atoms with van der Waals surface area (Å²) in [5, 5.41) is 2.82. The summed E-state index contributed by atoms with van der Waals surface area (Å²) in [7, 11) is 0. The first-order valence-electron chi connectivity index (χ1n) is 10.0. The fourth-order valence-electron chi connectivity index (χ4n) is 3.18. The van der Waals surface area contributed by atoms with E-state index >= 15 is 0 Å². The van der Waals surface area contributed by atoms with Gasteiger partial charge in [0.25, 0.3) is 0 Å². The van der Waals surface area contributed by atoms with Crippen molar-refractivity contribution in [3.05, 3.63) is 66.0 Å². The van der Waals surface area contributed by atoms with E-state index in [1.807, 2.05) is 24.3 Å². The van der Waals surface area contributed by atoms with Crippen LogP contribution in [0.5, 0.6) is 0 Å². The molecule has 1 heterocycles. The zero-order valence-electron chi connectivity index (χ0n) is 17.0. The normalized spacial score (nSPS) is 14.0. The summed E-state index contributed by atoms with van der Waals surface area (Å²) in [5.41, 5.74) is 2.35. The number of halogens is 1. The van der Waals surface area contributed by atoms with E-state index in [1.54, 1.807) is 19.1 Å². The number of hydrogen-bond donors (Lipinski definition) is 1. The number of anilines is 2. The molecule has 0 saturated carbocycles. The summed E-state index contributed by atoms with van der Waals surface area (Å²) in [6.45, 7) is 5.26. The second-order valence-corrected chi connectivity index (χ2v) is 6.94. The second-order valence-electron chi connectivity index (χ2n) is 6.94. The van der Waals surface area contributed by atoms with Gasteiger partial charge in [0.15, 0.2) is 0 Å². The maximum atomic E-state index is 13.2. The van der Waals surface area contributed by atoms with E-state index in [2.05, 4.69) is 10.2 Å². The highest BCUT2D eigenvalue weighted by atomic mass is 19.1. The number of amides is 2. The zero-order chi connectivity index (χ0) is 21.3. The highest BCUT2D eigenvalue weighted by Crippen LogP contribution is 2.19. The number of nitrogens with zero attached hydrogens (tertiary/aromatic N) is 2. The molecule has 1 aliphatic rings. The monoisotopic (exact) mass is 411 g/mol. The summed E-state index contributed by atoms with van der Waals surface area (Å²) in [6, 6.07) is 13.6. The summed E-state index contributed by atoms with van der Waals surface area (Å²) < 4.78 is 18.6. The van der Waals surface area contributed by atoms with Gasteiger partial charge in [-0.2, -0.15) is 0 Å². The Morgan fingerprint density at radius 1 is 1.17 bits per heavy atom. The topological polar surface area (TPSA) is 61.9 Å². The van der Waals surface area contributed by atoms with Crippen molar-refractivity contribution < 1.29 is 18.7 Å². The van der Waals surface area contributed by atoms with Gasteiger partial charge in [0.05, 0.1) is 13.2 Å². The summed E-state index contributed by atoms with van der Waals surface area (Å²) in [6.07, 6.45) is 2.89.